The second-order valence-electron chi connectivity index (χ2n) is 7.29. The van der Waals surface area contributed by atoms with Crippen molar-refractivity contribution in [3.63, 3.8) is 0 Å². The molecule has 1 aromatic carbocycles. The Morgan fingerprint density at radius 2 is 2.00 bits per heavy atom. The highest BCUT2D eigenvalue weighted by atomic mass is 32.2. The van der Waals surface area contributed by atoms with E-state index in [9.17, 15) is 12.8 Å². The summed E-state index contributed by atoms with van der Waals surface area (Å²) in [6, 6.07) is 4.51. The third-order valence-corrected chi connectivity index (χ3v) is 6.00. The maximum absolute atomic E-state index is 13.9. The molecule has 0 bridgehead atoms. The first kappa shape index (κ1) is 20.1. The van der Waals surface area contributed by atoms with Crippen LogP contribution in [0, 0.1) is 11.7 Å². The maximum atomic E-state index is 13.9. The number of nitrogens with one attached hydrogen (secondary N) is 1. The first-order chi connectivity index (χ1) is 11.7. The molecule has 0 spiro atoms. The van der Waals surface area contributed by atoms with Gasteiger partial charge in [0.25, 0.3) is 0 Å². The van der Waals surface area contributed by atoms with E-state index in [2.05, 4.69) is 4.72 Å². The van der Waals surface area contributed by atoms with Gasteiger partial charge in [-0.1, -0.05) is 12.5 Å². The smallest absolute Gasteiger partial charge is 0.212 e. The zero-order valence-corrected chi connectivity index (χ0v) is 15.9. The molecule has 1 fully saturated rings. The van der Waals surface area contributed by atoms with Gasteiger partial charge in [0.2, 0.25) is 10.0 Å². The summed E-state index contributed by atoms with van der Waals surface area (Å²) in [5.74, 6) is 0.329. The average Bonchev–Trinajstić information content (AvgIpc) is 3.34. The highest BCUT2D eigenvalue weighted by molar-refractivity contribution is 7.89. The molecular weight excluding hydrogens is 343 g/mol. The minimum absolute atomic E-state index is 0.0582. The maximum Gasteiger partial charge on any atom is 0.212 e. The number of ether oxygens (including phenoxy) is 1. The first-order valence-corrected chi connectivity index (χ1v) is 10.5. The highest BCUT2D eigenvalue weighted by Gasteiger charge is 2.28. The van der Waals surface area contributed by atoms with Crippen LogP contribution in [0.1, 0.15) is 51.5 Å². The molecule has 0 saturated heterocycles. The summed E-state index contributed by atoms with van der Waals surface area (Å²) < 4.78 is 46.8. The quantitative estimate of drug-likeness (QED) is 0.585. The van der Waals surface area contributed by atoms with E-state index in [4.69, 9.17) is 10.5 Å². The normalized spacial score (nSPS) is 15.4. The molecule has 3 N–H and O–H groups in total. The Bertz CT molecular complexity index is 673. The number of rotatable bonds is 11. The first-order valence-electron chi connectivity index (χ1n) is 8.88. The van der Waals surface area contributed by atoms with Crippen LogP contribution in [0.5, 0.6) is 5.75 Å². The third-order valence-electron chi connectivity index (χ3n) is 4.35. The minimum Gasteiger partial charge on any atom is -0.490 e. The molecule has 2 rings (SSSR count). The van der Waals surface area contributed by atoms with E-state index in [0.717, 1.165) is 25.7 Å². The standard InChI is InChI=1S/C18H29FN2O3S/c1-18(2,21-25(22,23)11-5-3-4-10-20)15-8-9-16(19)17(12-15)24-13-14-6-7-14/h8-9,12,14,21H,3-7,10-11,13,20H2,1-2H3. The Morgan fingerprint density at radius 3 is 2.64 bits per heavy atom. The number of nitrogens with two attached hydrogens (primary N) is 1. The molecule has 0 amide bonds. The summed E-state index contributed by atoms with van der Waals surface area (Å²) in [6.07, 6.45) is 4.42. The van der Waals surface area contributed by atoms with Crippen molar-refractivity contribution in [1.82, 2.24) is 4.72 Å². The Labute approximate surface area is 150 Å². The number of unbranched alkanes of at least 4 members (excludes halogenated alkanes) is 2. The van der Waals surface area contributed by atoms with Crippen molar-refractivity contribution in [2.75, 3.05) is 18.9 Å². The van der Waals surface area contributed by atoms with Crippen molar-refractivity contribution in [3.8, 4) is 5.75 Å². The molecular formula is C18H29FN2O3S. The minimum atomic E-state index is -3.43. The average molecular weight is 373 g/mol. The topological polar surface area (TPSA) is 81.4 Å². The number of hydrogen-bond donors (Lipinski definition) is 2. The van der Waals surface area contributed by atoms with E-state index in [0.29, 0.717) is 31.1 Å². The zero-order valence-electron chi connectivity index (χ0n) is 15.1. The fraction of sp³-hybridized carbons (Fsp3) is 0.667. The van der Waals surface area contributed by atoms with E-state index in [1.807, 2.05) is 0 Å². The lowest BCUT2D eigenvalue weighted by molar-refractivity contribution is 0.284. The van der Waals surface area contributed by atoms with Crippen molar-refractivity contribution >= 4 is 10.0 Å². The molecule has 1 saturated carbocycles. The SMILES string of the molecule is CC(C)(NS(=O)(=O)CCCCCN)c1ccc(F)c(OCC2CC2)c1. The van der Waals surface area contributed by atoms with Crippen molar-refractivity contribution in [3.05, 3.63) is 29.6 Å². The predicted molar refractivity (Wildman–Crippen MR) is 97.5 cm³/mol. The summed E-state index contributed by atoms with van der Waals surface area (Å²) in [6.45, 7) is 4.61. The molecule has 0 aromatic heterocycles. The van der Waals surface area contributed by atoms with Gasteiger partial charge in [-0.3, -0.25) is 0 Å². The summed E-state index contributed by atoms with van der Waals surface area (Å²) in [5.41, 5.74) is 5.24. The van der Waals surface area contributed by atoms with Crippen LogP contribution in [0.4, 0.5) is 4.39 Å². The second kappa shape index (κ2) is 8.47. The van der Waals surface area contributed by atoms with Gasteiger partial charge in [0.1, 0.15) is 0 Å². The molecule has 0 heterocycles. The number of hydrogen-bond acceptors (Lipinski definition) is 4. The van der Waals surface area contributed by atoms with E-state index in [1.54, 1.807) is 26.0 Å². The van der Waals surface area contributed by atoms with Gasteiger partial charge >= 0.3 is 0 Å². The zero-order chi connectivity index (χ0) is 18.5. The fourth-order valence-electron chi connectivity index (χ4n) is 2.61. The summed E-state index contributed by atoms with van der Waals surface area (Å²) in [7, 11) is -3.43. The van der Waals surface area contributed by atoms with Crippen LogP contribution in [0.3, 0.4) is 0 Å². The Kier molecular flexibility index (Phi) is 6.82. The van der Waals surface area contributed by atoms with Gasteiger partial charge < -0.3 is 10.5 Å². The predicted octanol–water partition coefficient (Wildman–Crippen LogP) is 2.90. The van der Waals surface area contributed by atoms with E-state index in [1.165, 1.54) is 6.07 Å². The molecule has 142 valence electrons. The van der Waals surface area contributed by atoms with Crippen LogP contribution in [-0.2, 0) is 15.6 Å². The van der Waals surface area contributed by atoms with E-state index < -0.39 is 21.4 Å². The Balaban J connectivity index is 2.02. The van der Waals surface area contributed by atoms with Gasteiger partial charge in [-0.2, -0.15) is 0 Å². The molecule has 5 nitrogen and oxygen atoms in total. The lowest BCUT2D eigenvalue weighted by Gasteiger charge is -2.27. The molecule has 0 atom stereocenters. The molecule has 1 aliphatic carbocycles. The van der Waals surface area contributed by atoms with Crippen molar-refractivity contribution in [1.29, 1.82) is 0 Å². The fourth-order valence-corrected chi connectivity index (χ4v) is 4.19. The number of sulfonamides is 1. The van der Waals surface area contributed by atoms with Crippen molar-refractivity contribution in [2.24, 2.45) is 11.7 Å². The van der Waals surface area contributed by atoms with Crippen LogP contribution in [0.2, 0.25) is 0 Å². The highest BCUT2D eigenvalue weighted by Crippen LogP contribution is 2.32. The second-order valence-corrected chi connectivity index (χ2v) is 9.14. The Morgan fingerprint density at radius 1 is 1.28 bits per heavy atom. The molecule has 0 radical (unpaired) electrons. The summed E-state index contributed by atoms with van der Waals surface area (Å²) in [4.78, 5) is 0. The van der Waals surface area contributed by atoms with Gasteiger partial charge in [0, 0.05) is 0 Å². The monoisotopic (exact) mass is 372 g/mol. The number of benzene rings is 1. The lowest BCUT2D eigenvalue weighted by atomic mass is 9.95. The van der Waals surface area contributed by atoms with Gasteiger partial charge in [-0.25, -0.2) is 17.5 Å². The van der Waals surface area contributed by atoms with Crippen LogP contribution in [-0.4, -0.2) is 27.3 Å². The summed E-state index contributed by atoms with van der Waals surface area (Å²) >= 11 is 0. The van der Waals surface area contributed by atoms with Crippen molar-refractivity contribution < 1.29 is 17.5 Å². The van der Waals surface area contributed by atoms with Crippen molar-refractivity contribution in [2.45, 2.75) is 51.5 Å². The molecule has 1 aliphatic rings. The van der Waals surface area contributed by atoms with Crippen LogP contribution in [0.15, 0.2) is 18.2 Å². The van der Waals surface area contributed by atoms with Gasteiger partial charge in [0.05, 0.1) is 17.9 Å². The van der Waals surface area contributed by atoms with Gasteiger partial charge in [0.15, 0.2) is 11.6 Å². The van der Waals surface area contributed by atoms with Crippen LogP contribution < -0.4 is 15.2 Å². The molecule has 7 heteroatoms. The third kappa shape index (κ3) is 6.56. The van der Waals surface area contributed by atoms with Gasteiger partial charge in [-0.15, -0.1) is 0 Å². The van der Waals surface area contributed by atoms with Crippen LogP contribution >= 0.6 is 0 Å². The summed E-state index contributed by atoms with van der Waals surface area (Å²) in [5, 5.41) is 0. The van der Waals surface area contributed by atoms with E-state index >= 15 is 0 Å². The Hall–Kier alpha value is -1.18. The molecule has 25 heavy (non-hydrogen) atoms. The molecule has 0 aliphatic heterocycles. The number of halogens is 1. The molecule has 1 aromatic rings. The van der Waals surface area contributed by atoms with Gasteiger partial charge in [-0.05, 0) is 69.7 Å². The molecule has 0 unspecified atom stereocenters. The lowest BCUT2D eigenvalue weighted by Crippen LogP contribution is -2.42. The largest absolute Gasteiger partial charge is 0.490 e. The van der Waals surface area contributed by atoms with Crippen LogP contribution in [0.25, 0.3) is 0 Å². The van der Waals surface area contributed by atoms with E-state index in [-0.39, 0.29) is 11.5 Å².